The van der Waals surface area contributed by atoms with Crippen molar-refractivity contribution in [3.8, 4) is 11.9 Å². The molecule has 1 aromatic carbocycles. The third-order valence-electron chi connectivity index (χ3n) is 5.38. The van der Waals surface area contributed by atoms with Crippen molar-refractivity contribution in [1.82, 2.24) is 9.88 Å². The van der Waals surface area contributed by atoms with Gasteiger partial charge in [-0.15, -0.1) is 0 Å². The van der Waals surface area contributed by atoms with E-state index in [-0.39, 0.29) is 5.91 Å². The molecule has 1 amide bonds. The van der Waals surface area contributed by atoms with Crippen molar-refractivity contribution in [2.45, 2.75) is 52.5 Å². The zero-order chi connectivity index (χ0) is 21.3. The summed E-state index contributed by atoms with van der Waals surface area (Å²) in [4.78, 5) is 18.3. The molecule has 3 heterocycles. The number of nitrogens with zero attached hydrogens (tertiary/aromatic N) is 3. The number of hydrogen-bond acceptors (Lipinski definition) is 5. The van der Waals surface area contributed by atoms with Crippen molar-refractivity contribution in [3.05, 3.63) is 52.6 Å². The van der Waals surface area contributed by atoms with E-state index in [1.807, 2.05) is 38.1 Å². The fourth-order valence-corrected chi connectivity index (χ4v) is 3.79. The van der Waals surface area contributed by atoms with Crippen LogP contribution >= 0.6 is 0 Å². The van der Waals surface area contributed by atoms with E-state index in [0.717, 1.165) is 56.4 Å². The number of rotatable bonds is 6. The minimum atomic E-state index is 0.0177. The topological polar surface area (TPSA) is 78.2 Å². The maximum atomic E-state index is 11.5. The zero-order valence-electron chi connectivity index (χ0n) is 17.9. The molecule has 0 radical (unpaired) electrons. The highest BCUT2D eigenvalue weighted by Crippen LogP contribution is 2.23. The molecule has 0 aliphatic carbocycles. The van der Waals surface area contributed by atoms with Crippen molar-refractivity contribution >= 4 is 11.7 Å². The molecular formula is C24H30N4O2. The van der Waals surface area contributed by atoms with Crippen LogP contribution in [0.3, 0.4) is 0 Å². The Morgan fingerprint density at radius 3 is 2.77 bits per heavy atom. The van der Waals surface area contributed by atoms with Crippen molar-refractivity contribution in [3.63, 3.8) is 0 Å². The molecule has 0 unspecified atom stereocenters. The molecule has 4 rings (SSSR count). The molecule has 30 heavy (non-hydrogen) atoms. The van der Waals surface area contributed by atoms with Crippen LogP contribution in [0.25, 0.3) is 0 Å². The number of carbonyl (C=O) groups is 1. The highest BCUT2D eigenvalue weighted by molar-refractivity contribution is 5.92. The second-order valence-corrected chi connectivity index (χ2v) is 7.38. The average molecular weight is 407 g/mol. The molecule has 0 saturated heterocycles. The van der Waals surface area contributed by atoms with E-state index >= 15 is 0 Å². The maximum absolute atomic E-state index is 11.5. The highest BCUT2D eigenvalue weighted by atomic mass is 16.5. The first-order valence-corrected chi connectivity index (χ1v) is 10.9. The average Bonchev–Trinajstić information content (AvgIpc) is 2.79. The Hall–Kier alpha value is -2.91. The maximum Gasteiger partial charge on any atom is 0.225 e. The van der Waals surface area contributed by atoms with Crippen molar-refractivity contribution in [2.24, 2.45) is 0 Å². The summed E-state index contributed by atoms with van der Waals surface area (Å²) in [5.41, 5.74) is 4.46. The van der Waals surface area contributed by atoms with Gasteiger partial charge < -0.3 is 10.1 Å². The monoisotopic (exact) mass is 406 g/mol. The molecule has 0 atom stereocenters. The van der Waals surface area contributed by atoms with Crippen molar-refractivity contribution in [2.75, 3.05) is 25.0 Å². The lowest BCUT2D eigenvalue weighted by atomic mass is 9.97. The second kappa shape index (κ2) is 10.7. The number of nitrogens with one attached hydrogen (secondary N) is 1. The van der Waals surface area contributed by atoms with Gasteiger partial charge in [-0.05, 0) is 67.1 Å². The molecule has 0 fully saturated rings. The number of fused-ring (bicyclic) bond motifs is 2. The van der Waals surface area contributed by atoms with Gasteiger partial charge >= 0.3 is 0 Å². The van der Waals surface area contributed by atoms with Gasteiger partial charge in [0.2, 0.25) is 11.8 Å². The molecule has 0 saturated carbocycles. The number of benzene rings is 1. The molecule has 0 spiro atoms. The lowest BCUT2D eigenvalue weighted by Gasteiger charge is -2.28. The number of unbranched alkanes of at least 4 members (excludes halogenated alkanes) is 1. The Morgan fingerprint density at radius 2 is 1.93 bits per heavy atom. The quantitative estimate of drug-likeness (QED) is 0.731. The summed E-state index contributed by atoms with van der Waals surface area (Å²) in [7, 11) is 0. The van der Waals surface area contributed by atoms with E-state index in [1.54, 1.807) is 0 Å². The molecule has 1 aromatic heterocycles. The van der Waals surface area contributed by atoms with Gasteiger partial charge in [-0.25, -0.2) is 0 Å². The second-order valence-electron chi connectivity index (χ2n) is 7.38. The Bertz CT molecular complexity index is 920. The van der Waals surface area contributed by atoms with Crippen LogP contribution in [0.2, 0.25) is 0 Å². The van der Waals surface area contributed by atoms with Gasteiger partial charge in [-0.3, -0.25) is 9.69 Å². The summed E-state index contributed by atoms with van der Waals surface area (Å²) < 4.78 is 5.77. The Kier molecular flexibility index (Phi) is 7.81. The number of aryl methyl sites for hydroxylation is 1. The van der Waals surface area contributed by atoms with Crippen LogP contribution in [0, 0.1) is 11.3 Å². The summed E-state index contributed by atoms with van der Waals surface area (Å²) >= 11 is 0. The van der Waals surface area contributed by atoms with E-state index in [0.29, 0.717) is 24.7 Å². The van der Waals surface area contributed by atoms with E-state index in [1.165, 1.54) is 11.1 Å². The third kappa shape index (κ3) is 5.58. The van der Waals surface area contributed by atoms with Gasteiger partial charge in [0.05, 0.1) is 18.2 Å². The minimum Gasteiger partial charge on any atom is -0.478 e. The number of pyridine rings is 1. The predicted octanol–water partition coefficient (Wildman–Crippen LogP) is 4.08. The van der Waals surface area contributed by atoms with Crippen LogP contribution in [0.4, 0.5) is 5.82 Å². The van der Waals surface area contributed by atoms with Gasteiger partial charge in [-0.1, -0.05) is 19.9 Å². The van der Waals surface area contributed by atoms with Crippen LogP contribution < -0.4 is 10.1 Å². The number of amides is 1. The number of nitriles is 1. The normalized spacial score (nSPS) is 15.0. The SMILES string of the molecule is CC.N#Cc1ccc2c(c1)CCN(CCCCOc1ccc3c(n1)NC(=O)CC3)C2. The van der Waals surface area contributed by atoms with Crippen LogP contribution in [0.15, 0.2) is 30.3 Å². The number of hydrogen-bond donors (Lipinski definition) is 1. The van der Waals surface area contributed by atoms with Gasteiger partial charge in [0.15, 0.2) is 0 Å². The van der Waals surface area contributed by atoms with Crippen molar-refractivity contribution < 1.29 is 9.53 Å². The van der Waals surface area contributed by atoms with Crippen LogP contribution in [-0.2, 0) is 24.2 Å². The fraction of sp³-hybridized carbons (Fsp3) is 0.458. The molecular weight excluding hydrogens is 376 g/mol. The number of anilines is 1. The number of ether oxygens (including phenoxy) is 1. The van der Waals surface area contributed by atoms with Crippen LogP contribution in [0.5, 0.6) is 5.88 Å². The smallest absolute Gasteiger partial charge is 0.225 e. The molecule has 2 aliphatic heterocycles. The molecule has 2 aliphatic rings. The molecule has 2 aromatic rings. The molecule has 1 N–H and O–H groups in total. The first-order chi connectivity index (χ1) is 14.7. The Balaban J connectivity index is 0.00000124. The largest absolute Gasteiger partial charge is 0.478 e. The minimum absolute atomic E-state index is 0.0177. The number of aromatic nitrogens is 1. The van der Waals surface area contributed by atoms with Crippen LogP contribution in [0.1, 0.15) is 55.4 Å². The lowest BCUT2D eigenvalue weighted by molar-refractivity contribution is -0.116. The summed E-state index contributed by atoms with van der Waals surface area (Å²) in [6.45, 7) is 7.65. The first kappa shape index (κ1) is 21.8. The van der Waals surface area contributed by atoms with Gasteiger partial charge in [-0.2, -0.15) is 10.2 Å². The summed E-state index contributed by atoms with van der Waals surface area (Å²) in [5.74, 6) is 1.23. The predicted molar refractivity (Wildman–Crippen MR) is 117 cm³/mol. The highest BCUT2D eigenvalue weighted by Gasteiger charge is 2.17. The molecule has 6 heteroatoms. The van der Waals surface area contributed by atoms with Gasteiger partial charge in [0, 0.05) is 25.6 Å². The van der Waals surface area contributed by atoms with E-state index in [2.05, 4.69) is 27.3 Å². The first-order valence-electron chi connectivity index (χ1n) is 10.9. The Labute approximate surface area is 178 Å². The molecule has 0 bridgehead atoms. The fourth-order valence-electron chi connectivity index (χ4n) is 3.79. The standard InChI is InChI=1S/C22H24N4O2.C2H6/c23-14-16-3-4-19-15-26(11-9-18(19)13-16)10-1-2-12-28-21-8-6-17-5-7-20(27)24-22(17)25-21;1-2/h3-4,6,8,13H,1-2,5,7,9-12,15H2,(H,24,25,27);1-2H3. The van der Waals surface area contributed by atoms with E-state index in [9.17, 15) is 4.79 Å². The lowest BCUT2D eigenvalue weighted by Crippen LogP contribution is -2.31. The summed E-state index contributed by atoms with van der Waals surface area (Å²) in [6, 6.07) is 12.1. The summed E-state index contributed by atoms with van der Waals surface area (Å²) in [5, 5.41) is 11.8. The number of carbonyl (C=O) groups excluding carboxylic acids is 1. The van der Waals surface area contributed by atoms with E-state index < -0.39 is 0 Å². The van der Waals surface area contributed by atoms with E-state index in [4.69, 9.17) is 10.00 Å². The molecule has 158 valence electrons. The Morgan fingerprint density at radius 1 is 1.10 bits per heavy atom. The summed E-state index contributed by atoms with van der Waals surface area (Å²) in [6.07, 6.45) is 4.29. The van der Waals surface area contributed by atoms with Crippen LogP contribution in [-0.4, -0.2) is 35.5 Å². The molecule has 6 nitrogen and oxygen atoms in total. The third-order valence-corrected chi connectivity index (χ3v) is 5.38. The van der Waals surface area contributed by atoms with Crippen molar-refractivity contribution in [1.29, 1.82) is 5.26 Å². The van der Waals surface area contributed by atoms with Gasteiger partial charge in [0.25, 0.3) is 0 Å². The zero-order valence-corrected chi connectivity index (χ0v) is 17.9. The van der Waals surface area contributed by atoms with Gasteiger partial charge in [0.1, 0.15) is 5.82 Å².